The topological polar surface area (TPSA) is 54.9 Å². The molecular formula is C22H37N3O2. The fraction of sp³-hybridized carbons (Fsp3) is 0.682. The molecule has 0 heterocycles. The number of benzene rings is 1. The molecule has 2 rings (SSSR count). The summed E-state index contributed by atoms with van der Waals surface area (Å²) in [6.45, 7) is 7.14. The molecule has 0 atom stereocenters. The highest BCUT2D eigenvalue weighted by molar-refractivity contribution is 5.79. The minimum absolute atomic E-state index is 0.360. The van der Waals surface area contributed by atoms with Gasteiger partial charge in [0.1, 0.15) is 0 Å². The Balaban J connectivity index is 1.60. The Morgan fingerprint density at radius 3 is 2.59 bits per heavy atom. The molecule has 0 aliphatic heterocycles. The van der Waals surface area contributed by atoms with Crippen molar-refractivity contribution in [3.05, 3.63) is 35.9 Å². The quantitative estimate of drug-likeness (QED) is 0.315. The van der Waals surface area contributed by atoms with Gasteiger partial charge in [0.05, 0.1) is 6.61 Å². The SMILES string of the molecule is CCNC(=NCC1(CCOC)CCC1)NCCCOCCc1ccccc1. The van der Waals surface area contributed by atoms with E-state index in [1.807, 2.05) is 6.07 Å². The van der Waals surface area contributed by atoms with Crippen molar-refractivity contribution in [1.29, 1.82) is 0 Å². The monoisotopic (exact) mass is 375 g/mol. The zero-order valence-electron chi connectivity index (χ0n) is 17.1. The van der Waals surface area contributed by atoms with Crippen LogP contribution in [0.25, 0.3) is 0 Å². The maximum atomic E-state index is 5.75. The largest absolute Gasteiger partial charge is 0.385 e. The Bertz CT molecular complexity index is 530. The van der Waals surface area contributed by atoms with Gasteiger partial charge in [0, 0.05) is 40.0 Å². The summed E-state index contributed by atoms with van der Waals surface area (Å²) in [5.74, 6) is 0.922. The molecule has 152 valence electrons. The van der Waals surface area contributed by atoms with E-state index in [1.54, 1.807) is 7.11 Å². The van der Waals surface area contributed by atoms with Crippen molar-refractivity contribution >= 4 is 5.96 Å². The molecule has 5 heteroatoms. The van der Waals surface area contributed by atoms with E-state index < -0.39 is 0 Å². The molecule has 0 unspecified atom stereocenters. The van der Waals surface area contributed by atoms with E-state index in [0.717, 1.165) is 64.7 Å². The molecule has 1 aromatic carbocycles. The molecule has 2 N–H and O–H groups in total. The lowest BCUT2D eigenvalue weighted by Gasteiger charge is -2.40. The Hall–Kier alpha value is -1.59. The molecule has 0 radical (unpaired) electrons. The second-order valence-corrected chi connectivity index (χ2v) is 7.42. The number of ether oxygens (including phenoxy) is 2. The zero-order chi connectivity index (χ0) is 19.2. The first kappa shape index (κ1) is 21.7. The van der Waals surface area contributed by atoms with Gasteiger partial charge in [0.25, 0.3) is 0 Å². The third kappa shape index (κ3) is 8.31. The number of hydrogen-bond acceptors (Lipinski definition) is 3. The Morgan fingerprint density at radius 1 is 1.11 bits per heavy atom. The lowest BCUT2D eigenvalue weighted by molar-refractivity contribution is 0.0778. The molecule has 27 heavy (non-hydrogen) atoms. The van der Waals surface area contributed by atoms with Crippen LogP contribution >= 0.6 is 0 Å². The van der Waals surface area contributed by atoms with E-state index in [-0.39, 0.29) is 0 Å². The van der Waals surface area contributed by atoms with E-state index in [9.17, 15) is 0 Å². The second-order valence-electron chi connectivity index (χ2n) is 7.42. The molecule has 1 aliphatic carbocycles. The Labute approximate surface area is 164 Å². The van der Waals surface area contributed by atoms with Crippen LogP contribution in [0.3, 0.4) is 0 Å². The highest BCUT2D eigenvalue weighted by Gasteiger charge is 2.36. The van der Waals surface area contributed by atoms with Crippen LogP contribution in [0.15, 0.2) is 35.3 Å². The number of rotatable bonds is 13. The van der Waals surface area contributed by atoms with E-state index in [4.69, 9.17) is 14.5 Å². The molecule has 5 nitrogen and oxygen atoms in total. The first-order valence-electron chi connectivity index (χ1n) is 10.4. The average molecular weight is 376 g/mol. The molecule has 0 saturated heterocycles. The van der Waals surface area contributed by atoms with Crippen LogP contribution in [0.2, 0.25) is 0 Å². The molecule has 1 aromatic rings. The summed E-state index contributed by atoms with van der Waals surface area (Å²) >= 11 is 0. The van der Waals surface area contributed by atoms with Crippen LogP contribution in [-0.2, 0) is 15.9 Å². The van der Waals surface area contributed by atoms with Crippen LogP contribution in [0.5, 0.6) is 0 Å². The van der Waals surface area contributed by atoms with Gasteiger partial charge in [-0.15, -0.1) is 0 Å². The standard InChI is InChI=1S/C22H37N3O2/c1-3-23-21(25-19-22(12-7-13-22)14-18-26-2)24-15-8-16-27-17-11-20-9-5-4-6-10-20/h4-6,9-10H,3,7-8,11-19H2,1-2H3,(H2,23,24,25). The van der Waals surface area contributed by atoms with Crippen LogP contribution in [0.4, 0.5) is 0 Å². The third-order valence-electron chi connectivity index (χ3n) is 5.30. The van der Waals surface area contributed by atoms with Crippen LogP contribution < -0.4 is 10.6 Å². The highest BCUT2D eigenvalue weighted by Crippen LogP contribution is 2.44. The van der Waals surface area contributed by atoms with E-state index in [0.29, 0.717) is 5.41 Å². The molecule has 0 spiro atoms. The van der Waals surface area contributed by atoms with Gasteiger partial charge in [-0.1, -0.05) is 36.8 Å². The van der Waals surface area contributed by atoms with Gasteiger partial charge in [0.2, 0.25) is 0 Å². The van der Waals surface area contributed by atoms with Crippen LogP contribution in [0, 0.1) is 5.41 Å². The van der Waals surface area contributed by atoms with Gasteiger partial charge in [-0.25, -0.2) is 0 Å². The Morgan fingerprint density at radius 2 is 1.93 bits per heavy atom. The van der Waals surface area contributed by atoms with Gasteiger partial charge in [-0.2, -0.15) is 0 Å². The summed E-state index contributed by atoms with van der Waals surface area (Å²) in [6.07, 6.45) is 6.93. The summed E-state index contributed by atoms with van der Waals surface area (Å²) in [5, 5.41) is 6.78. The number of hydrogen-bond donors (Lipinski definition) is 2. The smallest absolute Gasteiger partial charge is 0.191 e. The molecule has 1 saturated carbocycles. The second kappa shape index (κ2) is 12.7. The molecule has 0 amide bonds. The van der Waals surface area contributed by atoms with Crippen LogP contribution in [0.1, 0.15) is 44.6 Å². The van der Waals surface area contributed by atoms with Gasteiger partial charge >= 0.3 is 0 Å². The van der Waals surface area contributed by atoms with E-state index in [1.165, 1.54) is 24.8 Å². The van der Waals surface area contributed by atoms with Crippen molar-refractivity contribution < 1.29 is 9.47 Å². The highest BCUT2D eigenvalue weighted by atomic mass is 16.5. The summed E-state index contributed by atoms with van der Waals surface area (Å²) in [4.78, 5) is 4.83. The van der Waals surface area contributed by atoms with Crippen molar-refractivity contribution in [3.63, 3.8) is 0 Å². The summed E-state index contributed by atoms with van der Waals surface area (Å²) in [5.41, 5.74) is 1.69. The van der Waals surface area contributed by atoms with Gasteiger partial charge in [-0.05, 0) is 50.0 Å². The molecular weight excluding hydrogens is 338 g/mol. The predicted octanol–water partition coefficient (Wildman–Crippen LogP) is 3.40. The van der Waals surface area contributed by atoms with Crippen molar-refractivity contribution in [1.82, 2.24) is 10.6 Å². The number of methoxy groups -OCH3 is 1. The summed E-state index contributed by atoms with van der Waals surface area (Å²) < 4.78 is 11.0. The maximum absolute atomic E-state index is 5.75. The maximum Gasteiger partial charge on any atom is 0.191 e. The minimum atomic E-state index is 0.360. The molecule has 0 aromatic heterocycles. The van der Waals surface area contributed by atoms with Crippen molar-refractivity contribution in [3.8, 4) is 0 Å². The van der Waals surface area contributed by atoms with Crippen molar-refractivity contribution in [2.75, 3.05) is 46.6 Å². The van der Waals surface area contributed by atoms with E-state index in [2.05, 4.69) is 41.8 Å². The normalized spacial score (nSPS) is 16.0. The van der Waals surface area contributed by atoms with Crippen LogP contribution in [-0.4, -0.2) is 52.5 Å². The predicted molar refractivity (Wildman–Crippen MR) is 112 cm³/mol. The number of guanidine groups is 1. The fourth-order valence-corrected chi connectivity index (χ4v) is 3.39. The molecule has 1 aliphatic rings. The number of nitrogens with one attached hydrogen (secondary N) is 2. The minimum Gasteiger partial charge on any atom is -0.385 e. The first-order valence-corrected chi connectivity index (χ1v) is 10.4. The summed E-state index contributed by atoms with van der Waals surface area (Å²) in [6, 6.07) is 10.5. The third-order valence-corrected chi connectivity index (χ3v) is 5.30. The van der Waals surface area contributed by atoms with Crippen molar-refractivity contribution in [2.45, 2.75) is 45.4 Å². The summed E-state index contributed by atoms with van der Waals surface area (Å²) in [7, 11) is 1.78. The zero-order valence-corrected chi connectivity index (χ0v) is 17.1. The fourth-order valence-electron chi connectivity index (χ4n) is 3.39. The van der Waals surface area contributed by atoms with Gasteiger partial charge in [0.15, 0.2) is 5.96 Å². The van der Waals surface area contributed by atoms with Gasteiger partial charge < -0.3 is 20.1 Å². The number of nitrogens with zero attached hydrogens (tertiary/aromatic N) is 1. The Kier molecular flexibility index (Phi) is 10.2. The lowest BCUT2D eigenvalue weighted by Crippen LogP contribution is -2.40. The number of aliphatic imine (C=N–C) groups is 1. The average Bonchev–Trinajstić information content (AvgIpc) is 2.66. The van der Waals surface area contributed by atoms with Gasteiger partial charge in [-0.3, -0.25) is 4.99 Å². The first-order chi connectivity index (χ1) is 13.3. The van der Waals surface area contributed by atoms with E-state index >= 15 is 0 Å². The van der Waals surface area contributed by atoms with Crippen molar-refractivity contribution in [2.24, 2.45) is 10.4 Å². The molecule has 0 bridgehead atoms. The molecule has 1 fully saturated rings. The lowest BCUT2D eigenvalue weighted by atomic mass is 9.67.